The molecule has 0 N–H and O–H groups in total. The van der Waals surface area contributed by atoms with E-state index in [-0.39, 0.29) is 0 Å². The highest BCUT2D eigenvalue weighted by molar-refractivity contribution is 6.37. The molecule has 0 heterocycles. The lowest BCUT2D eigenvalue weighted by atomic mass is 10.4. The number of hydrogen-bond donors (Lipinski definition) is 0. The van der Waals surface area contributed by atoms with Crippen LogP contribution in [0.25, 0.3) is 0 Å². The number of hydrogen-bond acceptors (Lipinski definition) is 3. The van der Waals surface area contributed by atoms with Gasteiger partial charge in [0.15, 0.2) is 0 Å². The maximum absolute atomic E-state index is 5.97. The molecule has 1 radical (unpaired) electrons. The van der Waals surface area contributed by atoms with E-state index in [9.17, 15) is 0 Å². The van der Waals surface area contributed by atoms with Gasteiger partial charge in [-0.25, -0.2) is 0 Å². The van der Waals surface area contributed by atoms with Gasteiger partial charge in [0.25, 0.3) is 0 Å². The van der Waals surface area contributed by atoms with Crippen LogP contribution in [0.3, 0.4) is 0 Å². The molecular weight excluding hydrogens is 256 g/mol. The number of rotatable bonds is 6. The molecule has 0 aromatic carbocycles. The fraction of sp³-hybridized carbons (Fsp3) is 0.600. The van der Waals surface area contributed by atoms with Crippen molar-refractivity contribution in [2.24, 2.45) is 0 Å². The minimum absolute atomic E-state index is 1.03. The lowest BCUT2D eigenvalue weighted by Crippen LogP contribution is -2.26. The van der Waals surface area contributed by atoms with E-state index in [1.54, 1.807) is 0 Å². The Labute approximate surface area is 116 Å². The summed E-state index contributed by atoms with van der Waals surface area (Å²) in [4.78, 5) is 0. The van der Waals surface area contributed by atoms with Gasteiger partial charge in [-0.2, -0.15) is 0 Å². The van der Waals surface area contributed by atoms with E-state index in [2.05, 4.69) is 18.2 Å². The minimum Gasteiger partial charge on any atom is -0.483 e. The first-order valence-corrected chi connectivity index (χ1v) is 8.60. The smallest absolute Gasteiger partial charge is 0.483 e. The maximum Gasteiger partial charge on any atom is 0.817 e. The van der Waals surface area contributed by atoms with Gasteiger partial charge in [-0.15, -0.1) is 0 Å². The molecule has 3 aliphatic carbocycles. The summed E-state index contributed by atoms with van der Waals surface area (Å²) in [7, 11) is -1.70. The Morgan fingerprint density at radius 3 is 1.26 bits per heavy atom. The Balaban J connectivity index is 1.59. The van der Waals surface area contributed by atoms with Crippen molar-refractivity contribution in [3.8, 4) is 0 Å². The van der Waals surface area contributed by atoms with Crippen LogP contribution in [-0.4, -0.2) is 9.53 Å². The van der Waals surface area contributed by atoms with Crippen LogP contribution in [0, 0.1) is 0 Å². The third kappa shape index (κ3) is 3.66. The molecule has 0 aliphatic heterocycles. The molecular formula is C15H21O3Si. The first-order valence-electron chi connectivity index (χ1n) is 7.38. The molecule has 3 aliphatic rings. The second kappa shape index (κ2) is 6.33. The highest BCUT2D eigenvalue weighted by Gasteiger charge is 2.32. The fourth-order valence-electron chi connectivity index (χ4n) is 2.59. The zero-order valence-electron chi connectivity index (χ0n) is 11.3. The van der Waals surface area contributed by atoms with E-state index in [1.165, 1.54) is 19.3 Å². The van der Waals surface area contributed by atoms with Crippen LogP contribution in [0.5, 0.6) is 0 Å². The summed E-state index contributed by atoms with van der Waals surface area (Å²) < 4.78 is 17.9. The fourth-order valence-corrected chi connectivity index (χ4v) is 3.91. The van der Waals surface area contributed by atoms with E-state index in [1.807, 2.05) is 0 Å². The number of allylic oxidation sites excluding steroid dienone is 6. The van der Waals surface area contributed by atoms with E-state index in [0.29, 0.717) is 0 Å². The Morgan fingerprint density at radius 1 is 0.632 bits per heavy atom. The standard InChI is InChI=1S/C15H21O3Si/c1-2-8-13(7-1)16-19(17-14-9-3-4-10-14)18-15-11-5-6-12-15/h7,9,11H,1-6,8,10,12H2. The first-order chi connectivity index (χ1) is 9.40. The largest absolute Gasteiger partial charge is 0.817 e. The van der Waals surface area contributed by atoms with Crippen LogP contribution in [0.4, 0.5) is 0 Å². The third-order valence-electron chi connectivity index (χ3n) is 3.64. The summed E-state index contributed by atoms with van der Waals surface area (Å²) in [5.74, 6) is 3.18. The molecule has 0 bridgehead atoms. The highest BCUT2D eigenvalue weighted by Crippen LogP contribution is 2.26. The molecule has 3 nitrogen and oxygen atoms in total. The summed E-state index contributed by atoms with van der Waals surface area (Å²) >= 11 is 0. The molecule has 0 atom stereocenters. The molecule has 0 fully saturated rings. The highest BCUT2D eigenvalue weighted by atomic mass is 28.3. The van der Waals surface area contributed by atoms with Gasteiger partial charge in [0, 0.05) is 19.3 Å². The van der Waals surface area contributed by atoms with E-state index in [4.69, 9.17) is 13.3 Å². The molecule has 103 valence electrons. The second-order valence-corrected chi connectivity index (χ2v) is 6.36. The van der Waals surface area contributed by atoms with Gasteiger partial charge >= 0.3 is 9.53 Å². The molecule has 0 aromatic rings. The summed E-state index contributed by atoms with van der Waals surface area (Å²) in [6, 6.07) is 0. The molecule has 3 rings (SSSR count). The molecule has 4 heteroatoms. The SMILES string of the molecule is C1=C(O[Si](OC2=CCCC2)OC2=CCCC2)CCC1. The van der Waals surface area contributed by atoms with E-state index in [0.717, 1.165) is 55.8 Å². The zero-order chi connectivity index (χ0) is 12.9. The van der Waals surface area contributed by atoms with Crippen molar-refractivity contribution >= 4 is 9.53 Å². The van der Waals surface area contributed by atoms with Crippen molar-refractivity contribution in [2.75, 3.05) is 0 Å². The average Bonchev–Trinajstić information content (AvgIpc) is 3.10. The zero-order valence-corrected chi connectivity index (χ0v) is 12.3. The van der Waals surface area contributed by atoms with Crippen molar-refractivity contribution in [3.63, 3.8) is 0 Å². The van der Waals surface area contributed by atoms with Crippen LogP contribution < -0.4 is 0 Å². The second-order valence-electron chi connectivity index (χ2n) is 5.24. The van der Waals surface area contributed by atoms with Crippen LogP contribution in [0.2, 0.25) is 0 Å². The normalized spacial score (nSPS) is 22.3. The lowest BCUT2D eigenvalue weighted by molar-refractivity contribution is 0.174. The lowest BCUT2D eigenvalue weighted by Gasteiger charge is -2.18. The van der Waals surface area contributed by atoms with Gasteiger partial charge in [0.05, 0.1) is 17.3 Å². The summed E-state index contributed by atoms with van der Waals surface area (Å²) in [5, 5.41) is 0. The summed E-state index contributed by atoms with van der Waals surface area (Å²) in [6.07, 6.45) is 16.5. The van der Waals surface area contributed by atoms with Gasteiger partial charge in [-0.3, -0.25) is 0 Å². The quantitative estimate of drug-likeness (QED) is 0.680. The van der Waals surface area contributed by atoms with E-state index < -0.39 is 9.53 Å². The molecule has 0 aromatic heterocycles. The Hall–Kier alpha value is -1.16. The van der Waals surface area contributed by atoms with Crippen LogP contribution in [0.15, 0.2) is 35.5 Å². The predicted octanol–water partition coefficient (Wildman–Crippen LogP) is 4.22. The third-order valence-corrected chi connectivity index (χ3v) is 4.93. The van der Waals surface area contributed by atoms with Crippen LogP contribution in [-0.2, 0) is 13.3 Å². The topological polar surface area (TPSA) is 27.7 Å². The summed E-state index contributed by atoms with van der Waals surface area (Å²) in [5.41, 5.74) is 0. The average molecular weight is 277 g/mol. The maximum atomic E-state index is 5.97. The van der Waals surface area contributed by atoms with Crippen molar-refractivity contribution < 1.29 is 13.3 Å². The van der Waals surface area contributed by atoms with Gasteiger partial charge in [0.1, 0.15) is 0 Å². The molecule has 0 unspecified atom stereocenters. The van der Waals surface area contributed by atoms with Gasteiger partial charge in [0.2, 0.25) is 0 Å². The Bertz CT molecular complexity index is 350. The molecule has 0 saturated carbocycles. The van der Waals surface area contributed by atoms with E-state index >= 15 is 0 Å². The van der Waals surface area contributed by atoms with Gasteiger partial charge in [-0.1, -0.05) is 0 Å². The van der Waals surface area contributed by atoms with Crippen LogP contribution in [0.1, 0.15) is 57.8 Å². The monoisotopic (exact) mass is 277 g/mol. The van der Waals surface area contributed by atoms with Crippen molar-refractivity contribution in [3.05, 3.63) is 35.5 Å². The predicted molar refractivity (Wildman–Crippen MR) is 74.8 cm³/mol. The van der Waals surface area contributed by atoms with Gasteiger partial charge in [-0.05, 0) is 56.8 Å². The minimum atomic E-state index is -1.70. The summed E-state index contributed by atoms with van der Waals surface area (Å²) in [6.45, 7) is 0. The first kappa shape index (κ1) is 12.8. The van der Waals surface area contributed by atoms with Crippen molar-refractivity contribution in [2.45, 2.75) is 57.8 Å². The van der Waals surface area contributed by atoms with Crippen molar-refractivity contribution in [1.82, 2.24) is 0 Å². The Kier molecular flexibility index (Phi) is 4.28. The molecule has 0 spiro atoms. The van der Waals surface area contributed by atoms with Crippen molar-refractivity contribution in [1.29, 1.82) is 0 Å². The Morgan fingerprint density at radius 2 is 1.00 bits per heavy atom. The van der Waals surface area contributed by atoms with Gasteiger partial charge < -0.3 is 13.3 Å². The molecule has 0 amide bonds. The molecule has 0 saturated heterocycles. The molecule has 19 heavy (non-hydrogen) atoms. The van der Waals surface area contributed by atoms with Crippen LogP contribution >= 0.6 is 0 Å².